The number of aryl methyl sites for hydroxylation is 1. The van der Waals surface area contributed by atoms with Crippen molar-refractivity contribution in [1.82, 2.24) is 9.97 Å². The Morgan fingerprint density at radius 2 is 2.05 bits per heavy atom. The summed E-state index contributed by atoms with van der Waals surface area (Å²) < 4.78 is 5.63. The number of thioether (sulfide) groups is 1. The zero-order valence-corrected chi connectivity index (χ0v) is 12.1. The number of rotatable bonds is 6. The van der Waals surface area contributed by atoms with Gasteiger partial charge in [0.05, 0.1) is 19.1 Å². The van der Waals surface area contributed by atoms with E-state index >= 15 is 0 Å². The molecule has 0 aliphatic rings. The van der Waals surface area contributed by atoms with Crippen LogP contribution in [0.2, 0.25) is 0 Å². The van der Waals surface area contributed by atoms with Crippen molar-refractivity contribution in [3.8, 4) is 11.8 Å². The molecule has 2 rings (SSSR count). The summed E-state index contributed by atoms with van der Waals surface area (Å²) in [5.74, 6) is 1.61. The zero-order valence-electron chi connectivity index (χ0n) is 11.2. The van der Waals surface area contributed by atoms with Gasteiger partial charge in [0.25, 0.3) is 0 Å². The zero-order chi connectivity index (χ0) is 14.2. The van der Waals surface area contributed by atoms with Gasteiger partial charge in [0, 0.05) is 17.6 Å². The summed E-state index contributed by atoms with van der Waals surface area (Å²) >= 11 is 1.57. The predicted octanol–water partition coefficient (Wildman–Crippen LogP) is 3.02. The summed E-state index contributed by atoms with van der Waals surface area (Å²) in [6.07, 6.45) is 2.19. The number of benzene rings is 1. The summed E-state index contributed by atoms with van der Waals surface area (Å²) in [4.78, 5) is 8.50. The van der Waals surface area contributed by atoms with E-state index in [1.807, 2.05) is 37.3 Å². The van der Waals surface area contributed by atoms with Gasteiger partial charge in [-0.1, -0.05) is 23.9 Å². The molecule has 0 N–H and O–H groups in total. The molecule has 0 bridgehead atoms. The van der Waals surface area contributed by atoms with Crippen molar-refractivity contribution in [2.75, 3.05) is 12.4 Å². The molecule has 1 aromatic heterocycles. The van der Waals surface area contributed by atoms with Crippen molar-refractivity contribution in [3.05, 3.63) is 47.8 Å². The average Bonchev–Trinajstić information content (AvgIpc) is 2.46. The van der Waals surface area contributed by atoms with Gasteiger partial charge in [-0.25, -0.2) is 9.97 Å². The summed E-state index contributed by atoms with van der Waals surface area (Å²) in [5.41, 5.74) is 1.97. The number of nitrogens with zero attached hydrogens (tertiary/aromatic N) is 3. The van der Waals surface area contributed by atoms with Crippen LogP contribution in [0.1, 0.15) is 11.3 Å². The molecule has 0 aliphatic heterocycles. The minimum absolute atomic E-state index is 0.431. The quantitative estimate of drug-likeness (QED) is 0.464. The average molecular weight is 285 g/mol. The Bertz CT molecular complexity index is 593. The van der Waals surface area contributed by atoms with Crippen LogP contribution in [0.3, 0.4) is 0 Å². The molecule has 1 aromatic carbocycles. The van der Waals surface area contributed by atoms with Crippen LogP contribution >= 0.6 is 11.8 Å². The Kier molecular flexibility index (Phi) is 5.39. The first kappa shape index (κ1) is 14.4. The van der Waals surface area contributed by atoms with Gasteiger partial charge >= 0.3 is 0 Å². The fourth-order valence-corrected chi connectivity index (χ4v) is 2.28. The first-order chi connectivity index (χ1) is 9.78. The first-order valence-corrected chi connectivity index (χ1v) is 7.27. The third-order valence-corrected chi connectivity index (χ3v) is 3.39. The highest BCUT2D eigenvalue weighted by Crippen LogP contribution is 2.15. The fourth-order valence-electron chi connectivity index (χ4n) is 1.58. The van der Waals surface area contributed by atoms with Crippen LogP contribution in [-0.4, -0.2) is 22.3 Å². The van der Waals surface area contributed by atoms with Gasteiger partial charge in [0.15, 0.2) is 5.16 Å². The monoisotopic (exact) mass is 285 g/mol. The third kappa shape index (κ3) is 4.56. The lowest BCUT2D eigenvalue weighted by molar-refractivity contribution is 0.344. The molecule has 0 saturated heterocycles. The molecule has 20 heavy (non-hydrogen) atoms. The molecule has 4 nitrogen and oxygen atoms in total. The molecular formula is C15H15N3OS. The highest BCUT2D eigenvalue weighted by Gasteiger charge is 1.99. The molecule has 0 saturated carbocycles. The molecule has 1 heterocycles. The minimum atomic E-state index is 0.431. The Morgan fingerprint density at radius 3 is 2.75 bits per heavy atom. The van der Waals surface area contributed by atoms with Gasteiger partial charge < -0.3 is 4.74 Å². The van der Waals surface area contributed by atoms with Crippen molar-refractivity contribution in [3.63, 3.8) is 0 Å². The highest BCUT2D eigenvalue weighted by molar-refractivity contribution is 7.99. The van der Waals surface area contributed by atoms with Gasteiger partial charge in [-0.15, -0.1) is 0 Å². The molecule has 102 valence electrons. The van der Waals surface area contributed by atoms with Gasteiger partial charge in [-0.3, -0.25) is 0 Å². The van der Waals surface area contributed by atoms with Gasteiger partial charge in [0.1, 0.15) is 5.75 Å². The van der Waals surface area contributed by atoms with E-state index in [-0.39, 0.29) is 0 Å². The maximum Gasteiger partial charge on any atom is 0.187 e. The number of hydrogen-bond donors (Lipinski definition) is 0. The number of nitriles is 1. The van der Waals surface area contributed by atoms with Crippen LogP contribution in [0.5, 0.6) is 5.75 Å². The molecular weight excluding hydrogens is 270 g/mol. The molecule has 2 aromatic rings. The third-order valence-electron chi connectivity index (χ3n) is 2.56. The van der Waals surface area contributed by atoms with Crippen molar-refractivity contribution in [1.29, 1.82) is 5.26 Å². The molecule has 0 radical (unpaired) electrons. The van der Waals surface area contributed by atoms with E-state index in [4.69, 9.17) is 10.00 Å². The Balaban J connectivity index is 1.74. The second-order valence-corrected chi connectivity index (χ2v) is 5.22. The van der Waals surface area contributed by atoms with Crippen LogP contribution in [0.25, 0.3) is 0 Å². The Labute approximate surface area is 122 Å². The Morgan fingerprint density at radius 1 is 1.25 bits per heavy atom. The minimum Gasteiger partial charge on any atom is -0.493 e. The maximum absolute atomic E-state index is 8.59. The van der Waals surface area contributed by atoms with Gasteiger partial charge in [0.2, 0.25) is 0 Å². The first-order valence-electron chi connectivity index (χ1n) is 6.29. The highest BCUT2D eigenvalue weighted by atomic mass is 32.2. The van der Waals surface area contributed by atoms with Crippen LogP contribution in [-0.2, 0) is 6.42 Å². The summed E-state index contributed by atoms with van der Waals surface area (Å²) in [7, 11) is 0. The summed E-state index contributed by atoms with van der Waals surface area (Å²) in [6, 6.07) is 11.6. The summed E-state index contributed by atoms with van der Waals surface area (Å²) in [6.45, 7) is 2.55. The molecule has 0 amide bonds. The van der Waals surface area contributed by atoms with Gasteiger partial charge in [-0.05, 0) is 30.7 Å². The van der Waals surface area contributed by atoms with Gasteiger partial charge in [-0.2, -0.15) is 5.26 Å². The van der Waals surface area contributed by atoms with E-state index in [0.717, 1.165) is 27.9 Å². The molecule has 0 unspecified atom stereocenters. The van der Waals surface area contributed by atoms with E-state index in [0.29, 0.717) is 13.0 Å². The summed E-state index contributed by atoms with van der Waals surface area (Å²) in [5, 5.41) is 9.37. The lowest BCUT2D eigenvalue weighted by Gasteiger charge is -2.06. The van der Waals surface area contributed by atoms with E-state index < -0.39 is 0 Å². The fraction of sp³-hybridized carbons (Fsp3) is 0.267. The standard InChI is InChI=1S/C15H15N3OS/c1-12-7-9-17-15(18-12)20-11-10-19-14-4-2-13(3-5-14)6-8-16/h2-5,7,9H,6,10-11H2,1H3. The smallest absolute Gasteiger partial charge is 0.187 e. The number of hydrogen-bond acceptors (Lipinski definition) is 5. The normalized spacial score (nSPS) is 10.0. The number of aromatic nitrogens is 2. The lowest BCUT2D eigenvalue weighted by atomic mass is 10.2. The molecule has 0 fully saturated rings. The van der Waals surface area contributed by atoms with E-state index in [1.54, 1.807) is 18.0 Å². The molecule has 0 atom stereocenters. The second kappa shape index (κ2) is 7.51. The topological polar surface area (TPSA) is 58.8 Å². The number of ether oxygens (including phenoxy) is 1. The van der Waals surface area contributed by atoms with Crippen molar-refractivity contribution in [2.45, 2.75) is 18.5 Å². The van der Waals surface area contributed by atoms with E-state index in [2.05, 4.69) is 16.0 Å². The Hall–Kier alpha value is -2.06. The van der Waals surface area contributed by atoms with Crippen LogP contribution < -0.4 is 4.74 Å². The van der Waals surface area contributed by atoms with Crippen LogP contribution in [0.4, 0.5) is 0 Å². The SMILES string of the molecule is Cc1ccnc(SCCOc2ccc(CC#N)cc2)n1. The predicted molar refractivity (Wildman–Crippen MR) is 78.7 cm³/mol. The van der Waals surface area contributed by atoms with E-state index in [1.165, 1.54) is 0 Å². The lowest BCUT2D eigenvalue weighted by Crippen LogP contribution is -2.01. The molecule has 5 heteroatoms. The van der Waals surface area contributed by atoms with Crippen LogP contribution in [0.15, 0.2) is 41.7 Å². The van der Waals surface area contributed by atoms with Crippen molar-refractivity contribution in [2.24, 2.45) is 0 Å². The van der Waals surface area contributed by atoms with E-state index in [9.17, 15) is 0 Å². The largest absolute Gasteiger partial charge is 0.493 e. The van der Waals surface area contributed by atoms with Crippen molar-refractivity contribution >= 4 is 11.8 Å². The second-order valence-electron chi connectivity index (χ2n) is 4.16. The molecule has 0 aliphatic carbocycles. The van der Waals surface area contributed by atoms with Crippen molar-refractivity contribution < 1.29 is 4.74 Å². The molecule has 0 spiro atoms. The maximum atomic E-state index is 8.59. The van der Waals surface area contributed by atoms with Crippen LogP contribution in [0, 0.1) is 18.3 Å².